The van der Waals surface area contributed by atoms with Crippen molar-refractivity contribution < 1.29 is 29.1 Å². The molecule has 0 fully saturated rings. The number of carbonyl (C=O) groups is 3. The first-order chi connectivity index (χ1) is 21.5. The molecule has 3 rings (SSSR count). The molecule has 242 valence electrons. The molecule has 3 atom stereocenters. The molecule has 3 amide bonds. The van der Waals surface area contributed by atoms with E-state index in [0.29, 0.717) is 19.3 Å². The van der Waals surface area contributed by atoms with Gasteiger partial charge in [0.2, 0.25) is 17.7 Å². The van der Waals surface area contributed by atoms with E-state index in [1.54, 1.807) is 19.7 Å². The van der Waals surface area contributed by atoms with E-state index in [1.165, 1.54) is 0 Å². The summed E-state index contributed by atoms with van der Waals surface area (Å²) in [4.78, 5) is 39.3. The van der Waals surface area contributed by atoms with Crippen LogP contribution in [0.1, 0.15) is 62.8 Å². The molecular weight excluding hydrogens is 570 g/mol. The van der Waals surface area contributed by atoms with Gasteiger partial charge in [-0.15, -0.1) is 0 Å². The molecular formula is C36H47N3O6. The van der Waals surface area contributed by atoms with Crippen LogP contribution in [0.2, 0.25) is 0 Å². The van der Waals surface area contributed by atoms with Gasteiger partial charge in [-0.25, -0.2) is 5.48 Å². The van der Waals surface area contributed by atoms with Gasteiger partial charge in [0.1, 0.15) is 11.8 Å². The van der Waals surface area contributed by atoms with Crippen molar-refractivity contribution in [1.29, 1.82) is 0 Å². The summed E-state index contributed by atoms with van der Waals surface area (Å²) in [5.41, 5.74) is 6.32. The lowest BCUT2D eigenvalue weighted by molar-refractivity contribution is -0.137. The summed E-state index contributed by atoms with van der Waals surface area (Å²) in [6, 6.07) is 22.4. The zero-order chi connectivity index (χ0) is 33.0. The highest BCUT2D eigenvalue weighted by atomic mass is 16.5. The molecule has 0 radical (unpaired) electrons. The molecule has 9 heteroatoms. The smallest absolute Gasteiger partial charge is 0.244 e. The molecule has 0 saturated carbocycles. The Morgan fingerprint density at radius 2 is 1.62 bits per heavy atom. The first-order valence-electron chi connectivity index (χ1n) is 15.3. The zero-order valence-electron chi connectivity index (χ0n) is 27.2. The van der Waals surface area contributed by atoms with Gasteiger partial charge in [-0.3, -0.25) is 19.6 Å². The molecule has 45 heavy (non-hydrogen) atoms. The van der Waals surface area contributed by atoms with Gasteiger partial charge in [-0.1, -0.05) is 81.4 Å². The first kappa shape index (κ1) is 35.3. The lowest BCUT2D eigenvalue weighted by Crippen LogP contribution is -2.55. The standard InChI is InChI=1S/C36H47N3O6/c1-24-20-25(18-19-30(24)27-15-11-17-29(21-27)45-6)12-10-16-28(22-32(40)39-43)34(41)38-33(36(2,3)4)35(42)37-31(23-44-5)26-13-8-7-9-14-26/h7-9,11,13-15,17-21,28,31,33,43H,10,12,16,22-23H2,1-6H3,(H,37,42)(H,38,41)(H,39,40)/t28-,31?,33-/m1/s1. The number of nitrogens with one attached hydrogen (secondary N) is 3. The molecule has 0 saturated heterocycles. The Hall–Kier alpha value is -4.21. The molecule has 0 aliphatic rings. The number of methoxy groups -OCH3 is 2. The molecule has 3 aromatic rings. The minimum atomic E-state index is -0.875. The van der Waals surface area contributed by atoms with E-state index in [2.05, 4.69) is 35.8 Å². The van der Waals surface area contributed by atoms with Crippen molar-refractivity contribution >= 4 is 17.7 Å². The van der Waals surface area contributed by atoms with Crippen molar-refractivity contribution in [3.63, 3.8) is 0 Å². The minimum absolute atomic E-state index is 0.203. The second-order valence-corrected chi connectivity index (χ2v) is 12.4. The Bertz CT molecular complexity index is 1420. The van der Waals surface area contributed by atoms with Crippen molar-refractivity contribution in [1.82, 2.24) is 16.1 Å². The highest BCUT2D eigenvalue weighted by Gasteiger charge is 2.36. The number of benzene rings is 3. The van der Waals surface area contributed by atoms with Crippen LogP contribution in [0.25, 0.3) is 11.1 Å². The molecule has 9 nitrogen and oxygen atoms in total. The topological polar surface area (TPSA) is 126 Å². The third-order valence-electron chi connectivity index (χ3n) is 7.88. The van der Waals surface area contributed by atoms with Crippen LogP contribution in [0.3, 0.4) is 0 Å². The van der Waals surface area contributed by atoms with Crippen LogP contribution in [-0.4, -0.2) is 49.8 Å². The Labute approximate surface area is 266 Å². The van der Waals surface area contributed by atoms with E-state index in [0.717, 1.165) is 33.6 Å². The first-order valence-corrected chi connectivity index (χ1v) is 15.3. The summed E-state index contributed by atoms with van der Waals surface area (Å²) >= 11 is 0. The van der Waals surface area contributed by atoms with Crippen molar-refractivity contribution in [3.05, 3.63) is 89.5 Å². The van der Waals surface area contributed by atoms with E-state index in [4.69, 9.17) is 9.47 Å². The lowest BCUT2D eigenvalue weighted by Gasteiger charge is -2.33. The molecule has 1 unspecified atom stereocenters. The molecule has 0 aliphatic carbocycles. The molecule has 0 spiro atoms. The predicted octanol–water partition coefficient (Wildman–Crippen LogP) is 5.54. The Morgan fingerprint density at radius 1 is 0.889 bits per heavy atom. The molecule has 0 heterocycles. The summed E-state index contributed by atoms with van der Waals surface area (Å²) in [6.07, 6.45) is 1.52. The van der Waals surface area contributed by atoms with Crippen molar-refractivity contribution in [2.75, 3.05) is 20.8 Å². The molecule has 0 aromatic heterocycles. The Kier molecular flexibility index (Phi) is 13.1. The Morgan fingerprint density at radius 3 is 2.24 bits per heavy atom. The van der Waals surface area contributed by atoms with Gasteiger partial charge in [0, 0.05) is 19.4 Å². The molecule has 4 N–H and O–H groups in total. The van der Waals surface area contributed by atoms with Gasteiger partial charge < -0.3 is 20.1 Å². The molecule has 0 bridgehead atoms. The summed E-state index contributed by atoms with van der Waals surface area (Å²) < 4.78 is 10.7. The summed E-state index contributed by atoms with van der Waals surface area (Å²) in [6.45, 7) is 7.95. The quantitative estimate of drug-likeness (QED) is 0.131. The van der Waals surface area contributed by atoms with Crippen LogP contribution in [-0.2, 0) is 25.5 Å². The number of ether oxygens (including phenoxy) is 2. The maximum Gasteiger partial charge on any atom is 0.244 e. The van der Waals surface area contributed by atoms with Crippen LogP contribution in [0, 0.1) is 18.3 Å². The summed E-state index contributed by atoms with van der Waals surface area (Å²) in [7, 11) is 3.22. The fraction of sp³-hybridized carbons (Fsp3) is 0.417. The highest BCUT2D eigenvalue weighted by Crippen LogP contribution is 2.28. The fourth-order valence-corrected chi connectivity index (χ4v) is 5.41. The van der Waals surface area contributed by atoms with Crippen molar-refractivity contribution in [2.24, 2.45) is 11.3 Å². The number of rotatable bonds is 15. The average Bonchev–Trinajstić information content (AvgIpc) is 3.02. The fourth-order valence-electron chi connectivity index (χ4n) is 5.41. The number of amides is 3. The second-order valence-electron chi connectivity index (χ2n) is 12.4. The Balaban J connectivity index is 1.70. The van der Waals surface area contributed by atoms with Gasteiger partial charge >= 0.3 is 0 Å². The maximum atomic E-state index is 13.6. The van der Waals surface area contributed by atoms with Crippen LogP contribution >= 0.6 is 0 Å². The van der Waals surface area contributed by atoms with Gasteiger partial charge in [0.25, 0.3) is 0 Å². The van der Waals surface area contributed by atoms with Crippen LogP contribution in [0.15, 0.2) is 72.8 Å². The van der Waals surface area contributed by atoms with Crippen LogP contribution in [0.4, 0.5) is 0 Å². The van der Waals surface area contributed by atoms with Crippen LogP contribution < -0.4 is 20.9 Å². The van der Waals surface area contributed by atoms with Crippen molar-refractivity contribution in [3.8, 4) is 16.9 Å². The summed E-state index contributed by atoms with van der Waals surface area (Å²) in [5.74, 6) is -1.37. The largest absolute Gasteiger partial charge is 0.497 e. The number of hydrogen-bond acceptors (Lipinski definition) is 6. The number of carbonyl (C=O) groups excluding carboxylic acids is 3. The second kappa shape index (κ2) is 16.7. The number of aryl methyl sites for hydroxylation is 2. The van der Waals surface area contributed by atoms with E-state index < -0.39 is 35.2 Å². The average molecular weight is 618 g/mol. The molecule has 3 aromatic carbocycles. The van der Waals surface area contributed by atoms with Gasteiger partial charge in [0.15, 0.2) is 0 Å². The lowest BCUT2D eigenvalue weighted by atomic mass is 9.85. The third-order valence-corrected chi connectivity index (χ3v) is 7.88. The minimum Gasteiger partial charge on any atom is -0.497 e. The van der Waals surface area contributed by atoms with Crippen molar-refractivity contribution in [2.45, 2.75) is 65.5 Å². The number of hydroxylamine groups is 1. The summed E-state index contributed by atoms with van der Waals surface area (Å²) in [5, 5.41) is 15.1. The predicted molar refractivity (Wildman–Crippen MR) is 175 cm³/mol. The normalized spacial score (nSPS) is 13.3. The van der Waals surface area contributed by atoms with E-state index in [1.807, 2.05) is 75.4 Å². The van der Waals surface area contributed by atoms with Gasteiger partial charge in [-0.2, -0.15) is 0 Å². The van der Waals surface area contributed by atoms with Gasteiger partial charge in [-0.05, 0) is 71.6 Å². The van der Waals surface area contributed by atoms with Gasteiger partial charge in [0.05, 0.1) is 19.8 Å². The highest BCUT2D eigenvalue weighted by molar-refractivity contribution is 5.91. The monoisotopic (exact) mass is 617 g/mol. The van der Waals surface area contributed by atoms with E-state index >= 15 is 0 Å². The van der Waals surface area contributed by atoms with E-state index in [9.17, 15) is 19.6 Å². The van der Waals surface area contributed by atoms with Crippen LogP contribution in [0.5, 0.6) is 5.75 Å². The third kappa shape index (κ3) is 10.4. The molecule has 0 aliphatic heterocycles. The maximum absolute atomic E-state index is 13.6. The SMILES string of the molecule is COCC(NC(=O)[C@@H](NC(=O)[C@H](CCCc1ccc(-c2cccc(OC)c2)c(C)c1)CC(=O)NO)C(C)(C)C)c1ccccc1. The van der Waals surface area contributed by atoms with E-state index in [-0.39, 0.29) is 18.9 Å². The number of hydrogen-bond donors (Lipinski definition) is 4. The zero-order valence-corrected chi connectivity index (χ0v) is 27.2.